The van der Waals surface area contributed by atoms with Gasteiger partial charge in [0.05, 0.1) is 18.3 Å². The van der Waals surface area contributed by atoms with Gasteiger partial charge in [-0.15, -0.1) is 0 Å². The molecule has 2 rings (SSSR count). The number of ether oxygens (including phenoxy) is 1. The molecule has 1 aliphatic carbocycles. The predicted molar refractivity (Wildman–Crippen MR) is 82.0 cm³/mol. The molecule has 0 atom stereocenters. The van der Waals surface area contributed by atoms with E-state index in [1.165, 1.54) is 6.08 Å². The molecule has 0 unspecified atom stereocenters. The number of aliphatic imine (C=N–C) groups is 1. The molecule has 5 heteroatoms. The van der Waals surface area contributed by atoms with Gasteiger partial charge in [0.15, 0.2) is 0 Å². The highest BCUT2D eigenvalue weighted by molar-refractivity contribution is 7.78. The number of rotatable bonds is 5. The summed E-state index contributed by atoms with van der Waals surface area (Å²) in [6, 6.07) is 7.93. The van der Waals surface area contributed by atoms with Crippen LogP contribution in [0.15, 0.2) is 35.3 Å². The molecular weight excluding hydrogens is 272 g/mol. The van der Waals surface area contributed by atoms with Gasteiger partial charge in [-0.3, -0.25) is 4.79 Å². The Morgan fingerprint density at radius 2 is 2.15 bits per heavy atom. The van der Waals surface area contributed by atoms with Gasteiger partial charge in [-0.1, -0.05) is 12.1 Å². The standard InChI is InChI=1S/C15H16N2O2S/c1-19-14-5-2-11(3-6-14)4-7-15(18)17-13-8-12(9-13)16-10-20/h2-7,12-13H,8-9H2,1H3,(H,17,18)/b7-4+/t12-,13+. The Kier molecular flexibility index (Phi) is 5.04. The summed E-state index contributed by atoms with van der Waals surface area (Å²) in [5.41, 5.74) is 0.956. The molecule has 4 nitrogen and oxygen atoms in total. The van der Waals surface area contributed by atoms with Crippen molar-refractivity contribution in [2.24, 2.45) is 4.99 Å². The van der Waals surface area contributed by atoms with Crippen molar-refractivity contribution in [1.29, 1.82) is 0 Å². The van der Waals surface area contributed by atoms with Crippen LogP contribution in [0.1, 0.15) is 18.4 Å². The van der Waals surface area contributed by atoms with Crippen molar-refractivity contribution in [2.75, 3.05) is 7.11 Å². The number of benzene rings is 1. The third-order valence-electron chi connectivity index (χ3n) is 3.24. The Morgan fingerprint density at radius 3 is 2.75 bits per heavy atom. The molecule has 1 fully saturated rings. The number of methoxy groups -OCH3 is 1. The lowest BCUT2D eigenvalue weighted by atomic mass is 9.87. The topological polar surface area (TPSA) is 50.7 Å². The molecule has 1 aromatic carbocycles. The van der Waals surface area contributed by atoms with Crippen LogP contribution in [0, 0.1) is 0 Å². The van der Waals surface area contributed by atoms with E-state index in [-0.39, 0.29) is 18.0 Å². The first-order valence-electron chi connectivity index (χ1n) is 6.41. The number of nitrogens with one attached hydrogen (secondary N) is 1. The van der Waals surface area contributed by atoms with Gasteiger partial charge >= 0.3 is 0 Å². The monoisotopic (exact) mass is 288 g/mol. The third kappa shape index (κ3) is 4.02. The third-order valence-corrected chi connectivity index (χ3v) is 3.34. The van der Waals surface area contributed by atoms with E-state index >= 15 is 0 Å². The van der Waals surface area contributed by atoms with Crippen molar-refractivity contribution in [3.63, 3.8) is 0 Å². The highest BCUT2D eigenvalue weighted by Crippen LogP contribution is 2.22. The Morgan fingerprint density at radius 1 is 1.45 bits per heavy atom. The van der Waals surface area contributed by atoms with Gasteiger partial charge < -0.3 is 10.1 Å². The van der Waals surface area contributed by atoms with Crippen molar-refractivity contribution in [2.45, 2.75) is 24.9 Å². The number of carbonyl (C=O) groups is 1. The van der Waals surface area contributed by atoms with Crippen LogP contribution in [0.25, 0.3) is 6.08 Å². The lowest BCUT2D eigenvalue weighted by molar-refractivity contribution is -0.117. The number of hydrogen-bond acceptors (Lipinski definition) is 4. The molecule has 1 amide bonds. The first kappa shape index (κ1) is 14.4. The van der Waals surface area contributed by atoms with Crippen LogP contribution >= 0.6 is 12.2 Å². The maximum absolute atomic E-state index is 11.7. The first-order chi connectivity index (χ1) is 9.71. The second-order valence-electron chi connectivity index (χ2n) is 4.66. The summed E-state index contributed by atoms with van der Waals surface area (Å²) in [4.78, 5) is 15.7. The van der Waals surface area contributed by atoms with Crippen LogP contribution in [0.4, 0.5) is 0 Å². The van der Waals surface area contributed by atoms with Crippen molar-refractivity contribution in [3.05, 3.63) is 35.9 Å². The zero-order chi connectivity index (χ0) is 14.4. The minimum absolute atomic E-state index is 0.0874. The first-order valence-corrected chi connectivity index (χ1v) is 6.81. The van der Waals surface area contributed by atoms with Crippen LogP contribution in [-0.4, -0.2) is 30.3 Å². The maximum Gasteiger partial charge on any atom is 0.244 e. The molecule has 0 bridgehead atoms. The van der Waals surface area contributed by atoms with Gasteiger partial charge in [0.25, 0.3) is 0 Å². The number of amides is 1. The summed E-state index contributed by atoms with van der Waals surface area (Å²) >= 11 is 4.54. The average molecular weight is 288 g/mol. The van der Waals surface area contributed by atoms with Gasteiger partial charge in [-0.2, -0.15) is 0 Å². The molecule has 1 aromatic rings. The van der Waals surface area contributed by atoms with Gasteiger partial charge in [0, 0.05) is 12.1 Å². The minimum atomic E-state index is -0.0874. The summed E-state index contributed by atoms with van der Waals surface area (Å²) in [7, 11) is 1.62. The molecule has 0 aliphatic heterocycles. The lowest BCUT2D eigenvalue weighted by Crippen LogP contribution is -2.45. The van der Waals surface area contributed by atoms with Crippen molar-refractivity contribution >= 4 is 29.4 Å². The van der Waals surface area contributed by atoms with Gasteiger partial charge in [-0.05, 0) is 48.8 Å². The van der Waals surface area contributed by atoms with E-state index in [1.54, 1.807) is 13.2 Å². The van der Waals surface area contributed by atoms with Crippen LogP contribution in [0.3, 0.4) is 0 Å². The SMILES string of the molecule is COc1ccc(/C=C/C(=O)N[C@H]2C[C@@H](N=C=S)C2)cc1. The van der Waals surface area contributed by atoms with Crippen LogP contribution < -0.4 is 10.1 Å². The van der Waals surface area contributed by atoms with E-state index in [0.29, 0.717) is 0 Å². The largest absolute Gasteiger partial charge is 0.497 e. The predicted octanol–water partition coefficient (Wildman–Crippen LogP) is 2.46. The van der Waals surface area contributed by atoms with Crippen molar-refractivity contribution in [3.8, 4) is 5.75 Å². The second kappa shape index (κ2) is 6.98. The fourth-order valence-electron chi connectivity index (χ4n) is 2.02. The fourth-order valence-corrected chi connectivity index (χ4v) is 2.17. The molecular formula is C15H16N2O2S. The molecule has 0 aromatic heterocycles. The number of isothiocyanates is 1. The van der Waals surface area contributed by atoms with E-state index in [4.69, 9.17) is 4.74 Å². The van der Waals surface area contributed by atoms with Gasteiger partial charge in [-0.25, -0.2) is 4.99 Å². The molecule has 1 aliphatic rings. The molecule has 0 spiro atoms. The minimum Gasteiger partial charge on any atom is -0.497 e. The van der Waals surface area contributed by atoms with Gasteiger partial charge in [0.1, 0.15) is 5.75 Å². The van der Waals surface area contributed by atoms with Crippen molar-refractivity contribution in [1.82, 2.24) is 5.32 Å². The summed E-state index contributed by atoms with van der Waals surface area (Å²) in [5, 5.41) is 5.30. The summed E-state index contributed by atoms with van der Waals surface area (Å²) in [5.74, 6) is 0.710. The van der Waals surface area contributed by atoms with E-state index in [9.17, 15) is 4.79 Å². The number of hydrogen-bond donors (Lipinski definition) is 1. The Labute approximate surface area is 123 Å². The number of carbonyl (C=O) groups excluding carboxylic acids is 1. The average Bonchev–Trinajstić information content (AvgIpc) is 2.43. The molecule has 20 heavy (non-hydrogen) atoms. The zero-order valence-corrected chi connectivity index (χ0v) is 12.0. The summed E-state index contributed by atoms with van der Waals surface area (Å²) in [6.07, 6.45) is 5.00. The molecule has 1 N–H and O–H groups in total. The van der Waals surface area contributed by atoms with E-state index in [2.05, 4.69) is 27.7 Å². The molecule has 1 saturated carbocycles. The van der Waals surface area contributed by atoms with E-state index in [1.807, 2.05) is 24.3 Å². The fraction of sp³-hybridized carbons (Fsp3) is 0.333. The summed E-state index contributed by atoms with van der Waals surface area (Å²) in [6.45, 7) is 0. The molecule has 0 heterocycles. The van der Waals surface area contributed by atoms with E-state index in [0.717, 1.165) is 24.2 Å². The smallest absolute Gasteiger partial charge is 0.244 e. The Hall–Kier alpha value is -1.97. The van der Waals surface area contributed by atoms with Crippen LogP contribution in [0.5, 0.6) is 5.75 Å². The van der Waals surface area contributed by atoms with E-state index < -0.39 is 0 Å². The molecule has 0 saturated heterocycles. The lowest BCUT2D eigenvalue weighted by Gasteiger charge is -2.31. The Bertz CT molecular complexity index is 541. The summed E-state index contributed by atoms with van der Waals surface area (Å²) < 4.78 is 5.07. The number of nitrogens with zero attached hydrogens (tertiary/aromatic N) is 1. The highest BCUT2D eigenvalue weighted by atomic mass is 32.1. The highest BCUT2D eigenvalue weighted by Gasteiger charge is 2.29. The Balaban J connectivity index is 1.79. The molecule has 104 valence electrons. The van der Waals surface area contributed by atoms with Crippen LogP contribution in [-0.2, 0) is 4.79 Å². The van der Waals surface area contributed by atoms with Gasteiger partial charge in [0.2, 0.25) is 5.91 Å². The normalized spacial score (nSPS) is 20.9. The zero-order valence-electron chi connectivity index (χ0n) is 11.2. The number of thiocarbonyl (C=S) groups is 1. The second-order valence-corrected chi connectivity index (χ2v) is 4.84. The van der Waals surface area contributed by atoms with Crippen molar-refractivity contribution < 1.29 is 9.53 Å². The maximum atomic E-state index is 11.7. The quantitative estimate of drug-likeness (QED) is 0.514. The van der Waals surface area contributed by atoms with Crippen LogP contribution in [0.2, 0.25) is 0 Å². The molecule has 0 radical (unpaired) electrons.